The highest BCUT2D eigenvalue weighted by Gasteiger charge is 2.44. The van der Waals surface area contributed by atoms with Crippen LogP contribution in [0.5, 0.6) is 0 Å². The van der Waals surface area contributed by atoms with E-state index < -0.39 is 5.60 Å². The van der Waals surface area contributed by atoms with Crippen LogP contribution in [0.1, 0.15) is 52.0 Å². The molecule has 5 heteroatoms. The Bertz CT molecular complexity index is 612. The van der Waals surface area contributed by atoms with Gasteiger partial charge in [-0.25, -0.2) is 4.79 Å². The lowest BCUT2D eigenvalue weighted by Gasteiger charge is -2.40. The zero-order chi connectivity index (χ0) is 17.5. The normalized spacial score (nSPS) is 26.4. The van der Waals surface area contributed by atoms with Crippen LogP contribution in [0.4, 0.5) is 10.5 Å². The van der Waals surface area contributed by atoms with Gasteiger partial charge in [-0.1, -0.05) is 17.7 Å². The summed E-state index contributed by atoms with van der Waals surface area (Å²) >= 11 is 6.22. The molecule has 4 nitrogen and oxygen atoms in total. The molecule has 0 aliphatic carbocycles. The van der Waals surface area contributed by atoms with E-state index in [0.717, 1.165) is 42.0 Å². The van der Waals surface area contributed by atoms with Gasteiger partial charge in [-0.05, 0) is 71.1 Å². The molecule has 1 amide bonds. The number of anilines is 1. The average molecular weight is 351 g/mol. The number of nitrogens with one attached hydrogen (secondary N) is 1. The first-order valence-corrected chi connectivity index (χ1v) is 9.15. The van der Waals surface area contributed by atoms with Crippen LogP contribution < -0.4 is 5.32 Å². The molecular weight excluding hydrogens is 324 g/mol. The van der Waals surface area contributed by atoms with Crippen molar-refractivity contribution < 1.29 is 9.53 Å². The largest absolute Gasteiger partial charge is 0.444 e. The van der Waals surface area contributed by atoms with Gasteiger partial charge < -0.3 is 15.0 Å². The van der Waals surface area contributed by atoms with Gasteiger partial charge in [-0.2, -0.15) is 0 Å². The van der Waals surface area contributed by atoms with Crippen LogP contribution in [0.2, 0.25) is 5.02 Å². The van der Waals surface area contributed by atoms with E-state index in [4.69, 9.17) is 16.3 Å². The molecule has 1 N–H and O–H groups in total. The lowest BCUT2D eigenvalue weighted by molar-refractivity contribution is 0.00683. The molecule has 2 aliphatic heterocycles. The van der Waals surface area contributed by atoms with Gasteiger partial charge in [-0.15, -0.1) is 0 Å². The fourth-order valence-electron chi connectivity index (χ4n) is 3.89. The number of piperidine rings is 1. The summed E-state index contributed by atoms with van der Waals surface area (Å²) in [6.45, 7) is 7.80. The summed E-state index contributed by atoms with van der Waals surface area (Å²) in [5.41, 5.74) is 1.74. The number of hydrogen-bond acceptors (Lipinski definition) is 3. The van der Waals surface area contributed by atoms with Crippen molar-refractivity contribution in [2.24, 2.45) is 0 Å². The first-order chi connectivity index (χ1) is 11.2. The molecule has 2 heterocycles. The highest BCUT2D eigenvalue weighted by atomic mass is 35.5. The van der Waals surface area contributed by atoms with Gasteiger partial charge in [0.25, 0.3) is 0 Å². The molecular formula is C19H27ClN2O2. The predicted molar refractivity (Wildman–Crippen MR) is 97.7 cm³/mol. The molecule has 2 unspecified atom stereocenters. The van der Waals surface area contributed by atoms with Crippen molar-refractivity contribution in [3.8, 4) is 0 Å². The molecule has 2 atom stereocenters. The van der Waals surface area contributed by atoms with Gasteiger partial charge in [0.15, 0.2) is 0 Å². The van der Waals surface area contributed by atoms with Crippen LogP contribution in [0.15, 0.2) is 18.2 Å². The number of nitrogens with zero attached hydrogens (tertiary/aromatic N) is 1. The molecule has 0 spiro atoms. The summed E-state index contributed by atoms with van der Waals surface area (Å²) in [5, 5.41) is 4.42. The molecule has 2 fully saturated rings. The minimum absolute atomic E-state index is 0.160. The van der Waals surface area contributed by atoms with Crippen molar-refractivity contribution in [2.45, 2.75) is 77.1 Å². The number of amides is 1. The second-order valence-corrected chi connectivity index (χ2v) is 8.40. The minimum Gasteiger partial charge on any atom is -0.444 e. The fraction of sp³-hybridized carbons (Fsp3) is 0.632. The lowest BCUT2D eigenvalue weighted by atomic mass is 9.97. The van der Waals surface area contributed by atoms with Crippen molar-refractivity contribution in [2.75, 3.05) is 5.32 Å². The highest BCUT2D eigenvalue weighted by molar-refractivity contribution is 6.31. The summed E-state index contributed by atoms with van der Waals surface area (Å²) in [6, 6.07) is 6.88. The first kappa shape index (κ1) is 17.4. The van der Waals surface area contributed by atoms with Crippen LogP contribution >= 0.6 is 11.6 Å². The summed E-state index contributed by atoms with van der Waals surface area (Å²) in [6.07, 6.45) is 3.89. The second-order valence-electron chi connectivity index (χ2n) is 8.00. The molecule has 3 rings (SSSR count). The summed E-state index contributed by atoms with van der Waals surface area (Å²) in [7, 11) is 0. The van der Waals surface area contributed by atoms with Crippen LogP contribution in [0.25, 0.3) is 0 Å². The van der Waals surface area contributed by atoms with Crippen LogP contribution in [-0.2, 0) is 4.74 Å². The molecule has 2 aliphatic rings. The SMILES string of the molecule is Cc1c(Cl)cccc1NC1CC2CCC(C1)N2C(=O)OC(C)(C)C. The number of carbonyl (C=O) groups excluding carboxylic acids is 1. The maximum atomic E-state index is 12.5. The van der Waals surface area contributed by atoms with E-state index >= 15 is 0 Å². The molecule has 1 aromatic rings. The Morgan fingerprint density at radius 3 is 2.46 bits per heavy atom. The quantitative estimate of drug-likeness (QED) is 0.816. The fourth-order valence-corrected chi connectivity index (χ4v) is 4.07. The predicted octanol–water partition coefficient (Wildman–Crippen LogP) is 4.99. The van der Waals surface area contributed by atoms with E-state index in [1.165, 1.54) is 0 Å². The highest BCUT2D eigenvalue weighted by Crippen LogP contribution is 2.38. The van der Waals surface area contributed by atoms with Crippen LogP contribution in [0.3, 0.4) is 0 Å². The summed E-state index contributed by atoms with van der Waals surface area (Å²) in [5.74, 6) is 0. The number of ether oxygens (including phenoxy) is 1. The minimum atomic E-state index is -0.441. The molecule has 2 saturated heterocycles. The standard InChI is InChI=1S/C19H27ClN2O2/c1-12-16(20)6-5-7-17(12)21-13-10-14-8-9-15(11-13)22(14)18(23)24-19(2,3)4/h5-7,13-15,21H,8-11H2,1-4H3. The van der Waals surface area contributed by atoms with Gasteiger partial charge in [0.1, 0.15) is 5.60 Å². The maximum absolute atomic E-state index is 12.5. The second kappa shape index (κ2) is 6.47. The van der Waals surface area contributed by atoms with Crippen molar-refractivity contribution in [3.63, 3.8) is 0 Å². The van der Waals surface area contributed by atoms with Crippen molar-refractivity contribution in [1.82, 2.24) is 4.90 Å². The molecule has 24 heavy (non-hydrogen) atoms. The number of halogens is 1. The maximum Gasteiger partial charge on any atom is 0.410 e. The number of benzene rings is 1. The molecule has 1 aromatic carbocycles. The lowest BCUT2D eigenvalue weighted by Crippen LogP contribution is -2.51. The Hall–Kier alpha value is -1.42. The van der Waals surface area contributed by atoms with Gasteiger partial charge in [-0.3, -0.25) is 0 Å². The zero-order valence-electron chi connectivity index (χ0n) is 14.9. The number of rotatable bonds is 2. The third-order valence-corrected chi connectivity index (χ3v) is 5.37. The van der Waals surface area contributed by atoms with Gasteiger partial charge in [0, 0.05) is 28.8 Å². The Kier molecular flexibility index (Phi) is 4.69. The van der Waals surface area contributed by atoms with Crippen LogP contribution in [-0.4, -0.2) is 34.7 Å². The van der Waals surface area contributed by atoms with E-state index in [-0.39, 0.29) is 18.2 Å². The van der Waals surface area contributed by atoms with Crippen molar-refractivity contribution >= 4 is 23.4 Å². The Morgan fingerprint density at radius 2 is 1.88 bits per heavy atom. The third kappa shape index (κ3) is 3.64. The van der Waals surface area contributed by atoms with E-state index in [0.29, 0.717) is 6.04 Å². The van der Waals surface area contributed by atoms with E-state index in [1.807, 2.05) is 44.7 Å². The van der Waals surface area contributed by atoms with Crippen LogP contribution in [0, 0.1) is 6.92 Å². The topological polar surface area (TPSA) is 41.6 Å². The van der Waals surface area contributed by atoms with Gasteiger partial charge >= 0.3 is 6.09 Å². The zero-order valence-corrected chi connectivity index (χ0v) is 15.7. The molecule has 132 valence electrons. The molecule has 0 aromatic heterocycles. The Balaban J connectivity index is 1.67. The molecule has 0 saturated carbocycles. The summed E-state index contributed by atoms with van der Waals surface area (Å²) < 4.78 is 5.60. The summed E-state index contributed by atoms with van der Waals surface area (Å²) in [4.78, 5) is 14.5. The van der Waals surface area contributed by atoms with E-state index in [2.05, 4.69) is 11.4 Å². The smallest absolute Gasteiger partial charge is 0.410 e. The average Bonchev–Trinajstić information content (AvgIpc) is 2.74. The Labute approximate surface area is 149 Å². The molecule has 0 radical (unpaired) electrons. The van der Waals surface area contributed by atoms with E-state index in [1.54, 1.807) is 0 Å². The van der Waals surface area contributed by atoms with E-state index in [9.17, 15) is 4.79 Å². The molecule has 2 bridgehead atoms. The van der Waals surface area contributed by atoms with Gasteiger partial charge in [0.05, 0.1) is 0 Å². The van der Waals surface area contributed by atoms with Gasteiger partial charge in [0.2, 0.25) is 0 Å². The van der Waals surface area contributed by atoms with Crippen molar-refractivity contribution in [1.29, 1.82) is 0 Å². The number of fused-ring (bicyclic) bond motifs is 2. The van der Waals surface area contributed by atoms with Crippen molar-refractivity contribution in [3.05, 3.63) is 28.8 Å². The monoisotopic (exact) mass is 350 g/mol. The number of carbonyl (C=O) groups is 1. The number of hydrogen-bond donors (Lipinski definition) is 1. The Morgan fingerprint density at radius 1 is 1.25 bits per heavy atom. The first-order valence-electron chi connectivity index (χ1n) is 8.77. The third-order valence-electron chi connectivity index (χ3n) is 4.96.